The van der Waals surface area contributed by atoms with Gasteiger partial charge in [0.05, 0.1) is 0 Å². The highest BCUT2D eigenvalue weighted by Crippen LogP contribution is 2.31. The fourth-order valence-electron chi connectivity index (χ4n) is 3.81. The van der Waals surface area contributed by atoms with Crippen molar-refractivity contribution in [3.63, 3.8) is 0 Å². The Kier molecular flexibility index (Phi) is 4.71. The summed E-state index contributed by atoms with van der Waals surface area (Å²) < 4.78 is 5.45. The second kappa shape index (κ2) is 6.70. The average molecular weight is 277 g/mol. The van der Waals surface area contributed by atoms with Crippen LogP contribution in [0.5, 0.6) is 0 Å². The Bertz CT molecular complexity index is 404. The molecule has 0 spiro atoms. The highest BCUT2D eigenvalue weighted by atomic mass is 16.5. The van der Waals surface area contributed by atoms with E-state index in [1.807, 2.05) is 0 Å². The number of nitrogens with zero attached hydrogens (tertiary/aromatic N) is 2. The van der Waals surface area contributed by atoms with Crippen molar-refractivity contribution in [2.75, 3.05) is 0 Å². The zero-order valence-corrected chi connectivity index (χ0v) is 12.4. The maximum atomic E-state index is 6.30. The maximum Gasteiger partial charge on any atom is 0.228 e. The van der Waals surface area contributed by atoms with Gasteiger partial charge in [0.1, 0.15) is 0 Å². The van der Waals surface area contributed by atoms with E-state index in [0.29, 0.717) is 11.8 Å². The summed E-state index contributed by atoms with van der Waals surface area (Å²) in [5.41, 5.74) is 6.30. The minimum atomic E-state index is 0.194. The monoisotopic (exact) mass is 277 g/mol. The highest BCUT2D eigenvalue weighted by Gasteiger charge is 2.25. The van der Waals surface area contributed by atoms with Crippen LogP contribution in [0.2, 0.25) is 0 Å². The van der Waals surface area contributed by atoms with Gasteiger partial charge in [-0.15, -0.1) is 0 Å². The van der Waals surface area contributed by atoms with Crippen molar-refractivity contribution >= 4 is 0 Å². The van der Waals surface area contributed by atoms with E-state index in [0.717, 1.165) is 18.1 Å². The molecule has 20 heavy (non-hydrogen) atoms. The minimum absolute atomic E-state index is 0.194. The SMILES string of the molecule is NC(Cc1nc(C2CCCCCC2)no1)C1CCCC1. The first kappa shape index (κ1) is 14.1. The van der Waals surface area contributed by atoms with Crippen LogP contribution in [0.4, 0.5) is 0 Å². The highest BCUT2D eigenvalue weighted by molar-refractivity contribution is 4.98. The third-order valence-electron chi connectivity index (χ3n) is 5.12. The van der Waals surface area contributed by atoms with Gasteiger partial charge in [0.2, 0.25) is 5.89 Å². The van der Waals surface area contributed by atoms with E-state index in [-0.39, 0.29) is 6.04 Å². The number of hydrogen-bond donors (Lipinski definition) is 1. The van der Waals surface area contributed by atoms with E-state index in [1.54, 1.807) is 0 Å². The summed E-state index contributed by atoms with van der Waals surface area (Å²) in [6.45, 7) is 0. The van der Waals surface area contributed by atoms with Crippen molar-refractivity contribution in [2.45, 2.75) is 82.6 Å². The van der Waals surface area contributed by atoms with Crippen LogP contribution >= 0.6 is 0 Å². The van der Waals surface area contributed by atoms with Crippen LogP contribution in [0, 0.1) is 5.92 Å². The number of aromatic nitrogens is 2. The largest absolute Gasteiger partial charge is 0.339 e. The second-order valence-corrected chi connectivity index (χ2v) is 6.65. The average Bonchev–Trinajstić information content (AvgIpc) is 3.06. The molecule has 0 bridgehead atoms. The third kappa shape index (κ3) is 3.40. The van der Waals surface area contributed by atoms with Gasteiger partial charge in [0.25, 0.3) is 0 Å². The molecule has 3 rings (SSSR count). The van der Waals surface area contributed by atoms with E-state index in [1.165, 1.54) is 64.2 Å². The molecule has 1 unspecified atom stereocenters. The first-order valence-electron chi connectivity index (χ1n) is 8.41. The molecule has 2 aliphatic carbocycles. The van der Waals surface area contributed by atoms with Gasteiger partial charge in [0.15, 0.2) is 5.82 Å². The Morgan fingerprint density at radius 2 is 1.65 bits per heavy atom. The Labute approximate surface area is 121 Å². The molecule has 112 valence electrons. The molecule has 0 amide bonds. The molecule has 0 aromatic carbocycles. The maximum absolute atomic E-state index is 6.30. The number of nitrogens with two attached hydrogens (primary N) is 1. The number of hydrogen-bond acceptors (Lipinski definition) is 4. The molecule has 2 fully saturated rings. The van der Waals surface area contributed by atoms with Gasteiger partial charge in [0, 0.05) is 18.4 Å². The summed E-state index contributed by atoms with van der Waals surface area (Å²) in [5.74, 6) is 2.85. The van der Waals surface area contributed by atoms with Crippen LogP contribution in [-0.2, 0) is 6.42 Å². The zero-order chi connectivity index (χ0) is 13.8. The Morgan fingerprint density at radius 3 is 2.35 bits per heavy atom. The first-order valence-corrected chi connectivity index (χ1v) is 8.41. The van der Waals surface area contributed by atoms with Gasteiger partial charge in [-0.1, -0.05) is 43.7 Å². The molecular weight excluding hydrogens is 250 g/mol. The van der Waals surface area contributed by atoms with Gasteiger partial charge >= 0.3 is 0 Å². The molecular formula is C16H27N3O. The predicted molar refractivity (Wildman–Crippen MR) is 78.4 cm³/mol. The van der Waals surface area contributed by atoms with E-state index in [4.69, 9.17) is 10.3 Å². The molecule has 2 N–H and O–H groups in total. The third-order valence-corrected chi connectivity index (χ3v) is 5.12. The Morgan fingerprint density at radius 1 is 1.00 bits per heavy atom. The summed E-state index contributed by atoms with van der Waals surface area (Å²) in [6, 6.07) is 0.194. The first-order chi connectivity index (χ1) is 9.83. The van der Waals surface area contributed by atoms with Gasteiger partial charge in [-0.2, -0.15) is 4.98 Å². The minimum Gasteiger partial charge on any atom is -0.339 e. The van der Waals surface area contributed by atoms with Crippen LogP contribution in [0.15, 0.2) is 4.52 Å². The van der Waals surface area contributed by atoms with Crippen molar-refractivity contribution in [3.05, 3.63) is 11.7 Å². The van der Waals surface area contributed by atoms with Crippen molar-refractivity contribution in [1.29, 1.82) is 0 Å². The summed E-state index contributed by atoms with van der Waals surface area (Å²) in [7, 11) is 0. The van der Waals surface area contributed by atoms with Crippen LogP contribution < -0.4 is 5.73 Å². The Hall–Kier alpha value is -0.900. The smallest absolute Gasteiger partial charge is 0.228 e. The standard InChI is InChI=1S/C16H27N3O/c17-14(12-7-5-6-8-12)11-15-18-16(19-20-15)13-9-3-1-2-4-10-13/h12-14H,1-11,17H2. The lowest BCUT2D eigenvalue weighted by Crippen LogP contribution is -2.30. The molecule has 1 aromatic heterocycles. The van der Waals surface area contributed by atoms with Crippen LogP contribution in [0.3, 0.4) is 0 Å². The summed E-state index contributed by atoms with van der Waals surface area (Å²) in [6.07, 6.45) is 13.7. The lowest BCUT2D eigenvalue weighted by molar-refractivity contribution is 0.336. The molecule has 0 saturated heterocycles. The normalized spacial score (nSPS) is 23.9. The van der Waals surface area contributed by atoms with Gasteiger partial charge in [-0.3, -0.25) is 0 Å². The molecule has 0 aliphatic heterocycles. The fraction of sp³-hybridized carbons (Fsp3) is 0.875. The van der Waals surface area contributed by atoms with Gasteiger partial charge in [-0.05, 0) is 31.6 Å². The molecule has 4 heteroatoms. The lowest BCUT2D eigenvalue weighted by Gasteiger charge is -2.16. The van der Waals surface area contributed by atoms with Crippen molar-refractivity contribution in [3.8, 4) is 0 Å². The van der Waals surface area contributed by atoms with Crippen molar-refractivity contribution in [2.24, 2.45) is 11.7 Å². The molecule has 1 aromatic rings. The van der Waals surface area contributed by atoms with Crippen molar-refractivity contribution in [1.82, 2.24) is 10.1 Å². The summed E-state index contributed by atoms with van der Waals surface area (Å²) >= 11 is 0. The van der Waals surface area contributed by atoms with Crippen molar-refractivity contribution < 1.29 is 4.52 Å². The molecule has 4 nitrogen and oxygen atoms in total. The molecule has 2 saturated carbocycles. The summed E-state index contributed by atoms with van der Waals surface area (Å²) in [4.78, 5) is 4.63. The molecule has 2 aliphatic rings. The van der Waals surface area contributed by atoms with E-state index in [2.05, 4.69) is 10.1 Å². The quantitative estimate of drug-likeness (QED) is 0.854. The second-order valence-electron chi connectivity index (χ2n) is 6.65. The van der Waals surface area contributed by atoms with Crippen LogP contribution in [0.1, 0.15) is 81.8 Å². The lowest BCUT2D eigenvalue weighted by atomic mass is 9.96. The molecule has 0 radical (unpaired) electrons. The van der Waals surface area contributed by atoms with E-state index >= 15 is 0 Å². The van der Waals surface area contributed by atoms with Gasteiger partial charge in [-0.25, -0.2) is 0 Å². The fourth-order valence-corrected chi connectivity index (χ4v) is 3.81. The van der Waals surface area contributed by atoms with Crippen LogP contribution in [-0.4, -0.2) is 16.2 Å². The predicted octanol–water partition coefficient (Wildman–Crippen LogP) is 3.57. The molecule has 1 atom stereocenters. The zero-order valence-electron chi connectivity index (χ0n) is 12.4. The van der Waals surface area contributed by atoms with Crippen LogP contribution in [0.25, 0.3) is 0 Å². The van der Waals surface area contributed by atoms with Gasteiger partial charge < -0.3 is 10.3 Å². The number of rotatable bonds is 4. The topological polar surface area (TPSA) is 64.9 Å². The Balaban J connectivity index is 1.58. The molecule has 1 heterocycles. The van der Waals surface area contributed by atoms with E-state index < -0.39 is 0 Å². The summed E-state index contributed by atoms with van der Waals surface area (Å²) in [5, 5.41) is 4.22. The van der Waals surface area contributed by atoms with E-state index in [9.17, 15) is 0 Å².